The van der Waals surface area contributed by atoms with Crippen LogP contribution in [-0.2, 0) is 0 Å². The Balaban J connectivity index is 2.35. The van der Waals surface area contributed by atoms with Gasteiger partial charge in [-0.3, -0.25) is 4.99 Å². The van der Waals surface area contributed by atoms with Crippen molar-refractivity contribution in [3.05, 3.63) is 0 Å². The molecule has 2 atom stereocenters. The molecule has 0 aliphatic carbocycles. The van der Waals surface area contributed by atoms with E-state index in [-0.39, 0.29) is 0 Å². The summed E-state index contributed by atoms with van der Waals surface area (Å²) in [6, 6.07) is 0.594. The molecule has 0 aromatic heterocycles. The summed E-state index contributed by atoms with van der Waals surface area (Å²) in [5, 5.41) is 3.45. The molecule has 1 heterocycles. The van der Waals surface area contributed by atoms with Crippen LogP contribution in [0.4, 0.5) is 0 Å². The Morgan fingerprint density at radius 1 is 1.43 bits per heavy atom. The van der Waals surface area contributed by atoms with E-state index < -0.39 is 0 Å². The van der Waals surface area contributed by atoms with Crippen molar-refractivity contribution in [2.75, 3.05) is 27.2 Å². The van der Waals surface area contributed by atoms with Crippen molar-refractivity contribution in [3.63, 3.8) is 0 Å². The van der Waals surface area contributed by atoms with Crippen LogP contribution in [0.5, 0.6) is 0 Å². The van der Waals surface area contributed by atoms with Gasteiger partial charge < -0.3 is 10.2 Å². The molecular weight excluding hydrogens is 174 g/mol. The quantitative estimate of drug-likeness (QED) is 0.739. The number of hydrogen-bond acceptors (Lipinski definition) is 2. The summed E-state index contributed by atoms with van der Waals surface area (Å²) in [7, 11) is 4.17. The summed E-state index contributed by atoms with van der Waals surface area (Å²) < 4.78 is 0. The first kappa shape index (κ1) is 11.5. The maximum absolute atomic E-state index is 4.59. The van der Waals surface area contributed by atoms with E-state index in [1.54, 1.807) is 0 Å². The Bertz CT molecular complexity index is 187. The smallest absolute Gasteiger partial charge is 0.0968 e. The minimum Gasteiger partial charge on any atom is -0.371 e. The fourth-order valence-corrected chi connectivity index (χ4v) is 1.91. The van der Waals surface area contributed by atoms with Crippen molar-refractivity contribution >= 4 is 5.84 Å². The monoisotopic (exact) mass is 197 g/mol. The summed E-state index contributed by atoms with van der Waals surface area (Å²) in [5.74, 6) is 1.99. The van der Waals surface area contributed by atoms with Gasteiger partial charge in [-0.1, -0.05) is 6.92 Å². The molecule has 3 heteroatoms. The van der Waals surface area contributed by atoms with E-state index in [0.29, 0.717) is 6.04 Å². The molecular formula is C11H23N3. The number of rotatable bonds is 3. The third-order valence-electron chi connectivity index (χ3n) is 2.56. The lowest BCUT2D eigenvalue weighted by molar-refractivity contribution is 0.412. The van der Waals surface area contributed by atoms with Gasteiger partial charge in [0.15, 0.2) is 0 Å². The van der Waals surface area contributed by atoms with Gasteiger partial charge in [-0.15, -0.1) is 0 Å². The van der Waals surface area contributed by atoms with Crippen molar-refractivity contribution in [2.45, 2.75) is 32.7 Å². The third kappa shape index (κ3) is 4.09. The molecule has 0 radical (unpaired) electrons. The zero-order valence-corrected chi connectivity index (χ0v) is 9.88. The van der Waals surface area contributed by atoms with E-state index in [9.17, 15) is 0 Å². The Morgan fingerprint density at radius 3 is 2.71 bits per heavy atom. The molecule has 0 spiro atoms. The van der Waals surface area contributed by atoms with Crippen LogP contribution in [-0.4, -0.2) is 44.0 Å². The highest BCUT2D eigenvalue weighted by Gasteiger charge is 2.18. The standard InChI is InChI=1S/C11H23N3/c1-9-7-10(2)13-11(8-9)12-5-6-14(3)4/h9-10H,5-8H2,1-4H3,(H,12,13). The van der Waals surface area contributed by atoms with Crippen molar-refractivity contribution < 1.29 is 0 Å². The van der Waals surface area contributed by atoms with Crippen molar-refractivity contribution in [3.8, 4) is 0 Å². The number of hydrogen-bond donors (Lipinski definition) is 1. The van der Waals surface area contributed by atoms with E-state index in [1.807, 2.05) is 0 Å². The predicted octanol–water partition coefficient (Wildman–Crippen LogP) is 1.35. The molecule has 1 saturated heterocycles. The number of amidine groups is 1. The molecule has 82 valence electrons. The van der Waals surface area contributed by atoms with Crippen LogP contribution in [0.15, 0.2) is 4.99 Å². The SMILES string of the molecule is CC1CC(=NCCN(C)C)NC(C)C1. The van der Waals surface area contributed by atoms with E-state index >= 15 is 0 Å². The highest BCUT2D eigenvalue weighted by atomic mass is 15.1. The van der Waals surface area contributed by atoms with Crippen LogP contribution in [0.1, 0.15) is 26.7 Å². The van der Waals surface area contributed by atoms with Gasteiger partial charge in [0.2, 0.25) is 0 Å². The van der Waals surface area contributed by atoms with Gasteiger partial charge in [0.1, 0.15) is 0 Å². The first-order valence-electron chi connectivity index (χ1n) is 5.52. The fourth-order valence-electron chi connectivity index (χ4n) is 1.91. The van der Waals surface area contributed by atoms with Crippen LogP contribution in [0.25, 0.3) is 0 Å². The van der Waals surface area contributed by atoms with Gasteiger partial charge in [0.25, 0.3) is 0 Å². The zero-order chi connectivity index (χ0) is 10.6. The Hall–Kier alpha value is -0.570. The first-order valence-corrected chi connectivity index (χ1v) is 5.52. The first-order chi connectivity index (χ1) is 6.58. The maximum atomic E-state index is 4.59. The van der Waals surface area contributed by atoms with Crippen molar-refractivity contribution in [1.29, 1.82) is 0 Å². The van der Waals surface area contributed by atoms with E-state index in [1.165, 1.54) is 12.3 Å². The second-order valence-electron chi connectivity index (χ2n) is 4.72. The average Bonchev–Trinajstić information content (AvgIpc) is 2.01. The lowest BCUT2D eigenvalue weighted by atomic mass is 9.94. The summed E-state index contributed by atoms with van der Waals surface area (Å²) in [6.07, 6.45) is 2.39. The summed E-state index contributed by atoms with van der Waals surface area (Å²) in [6.45, 7) is 6.48. The molecule has 1 rings (SSSR count). The number of nitrogens with zero attached hydrogens (tertiary/aromatic N) is 2. The largest absolute Gasteiger partial charge is 0.371 e. The fraction of sp³-hybridized carbons (Fsp3) is 0.909. The second kappa shape index (κ2) is 5.35. The topological polar surface area (TPSA) is 27.6 Å². The number of aliphatic imine (C=N–C) groups is 1. The zero-order valence-electron chi connectivity index (χ0n) is 9.88. The van der Waals surface area contributed by atoms with Gasteiger partial charge >= 0.3 is 0 Å². The Morgan fingerprint density at radius 2 is 2.14 bits per heavy atom. The van der Waals surface area contributed by atoms with Gasteiger partial charge in [-0.05, 0) is 33.4 Å². The van der Waals surface area contributed by atoms with Gasteiger partial charge in [-0.25, -0.2) is 0 Å². The van der Waals surface area contributed by atoms with Gasteiger partial charge in [0, 0.05) is 19.0 Å². The normalized spacial score (nSPS) is 30.8. The van der Waals surface area contributed by atoms with Gasteiger partial charge in [-0.2, -0.15) is 0 Å². The van der Waals surface area contributed by atoms with Crippen LogP contribution >= 0.6 is 0 Å². The third-order valence-corrected chi connectivity index (χ3v) is 2.56. The molecule has 1 fully saturated rings. The summed E-state index contributed by atoms with van der Waals surface area (Å²) >= 11 is 0. The molecule has 0 aromatic rings. The van der Waals surface area contributed by atoms with Crippen LogP contribution in [0.3, 0.4) is 0 Å². The maximum Gasteiger partial charge on any atom is 0.0968 e. The van der Waals surface area contributed by atoms with Crippen LogP contribution in [0.2, 0.25) is 0 Å². The molecule has 0 amide bonds. The molecule has 0 bridgehead atoms. The average molecular weight is 197 g/mol. The van der Waals surface area contributed by atoms with Crippen molar-refractivity contribution in [1.82, 2.24) is 10.2 Å². The number of likely N-dealkylation sites (N-methyl/N-ethyl adjacent to an activating group) is 1. The molecule has 1 N–H and O–H groups in total. The highest BCUT2D eigenvalue weighted by Crippen LogP contribution is 2.16. The lowest BCUT2D eigenvalue weighted by Crippen LogP contribution is -2.40. The molecule has 1 aliphatic rings. The highest BCUT2D eigenvalue weighted by molar-refractivity contribution is 5.83. The molecule has 14 heavy (non-hydrogen) atoms. The molecule has 1 aliphatic heterocycles. The predicted molar refractivity (Wildman–Crippen MR) is 61.9 cm³/mol. The molecule has 0 saturated carbocycles. The lowest BCUT2D eigenvalue weighted by Gasteiger charge is -2.27. The summed E-state index contributed by atoms with van der Waals surface area (Å²) in [4.78, 5) is 6.75. The molecule has 2 unspecified atom stereocenters. The Kier molecular flexibility index (Phi) is 4.39. The summed E-state index contributed by atoms with van der Waals surface area (Å²) in [5.41, 5.74) is 0. The number of piperidine rings is 1. The van der Waals surface area contributed by atoms with E-state index in [2.05, 4.69) is 43.2 Å². The minimum atomic E-state index is 0.594. The van der Waals surface area contributed by atoms with Crippen LogP contribution in [0, 0.1) is 5.92 Å². The number of nitrogens with one attached hydrogen (secondary N) is 1. The Labute approximate surface area is 87.6 Å². The van der Waals surface area contributed by atoms with Gasteiger partial charge in [0.05, 0.1) is 12.4 Å². The minimum absolute atomic E-state index is 0.594. The molecule has 3 nitrogen and oxygen atoms in total. The van der Waals surface area contributed by atoms with E-state index in [0.717, 1.165) is 25.4 Å². The second-order valence-corrected chi connectivity index (χ2v) is 4.72. The van der Waals surface area contributed by atoms with E-state index in [4.69, 9.17) is 0 Å². The van der Waals surface area contributed by atoms with Crippen molar-refractivity contribution in [2.24, 2.45) is 10.9 Å². The molecule has 0 aromatic carbocycles. The van der Waals surface area contributed by atoms with Crippen LogP contribution < -0.4 is 5.32 Å².